The van der Waals surface area contributed by atoms with Gasteiger partial charge in [-0.25, -0.2) is 4.39 Å². The van der Waals surface area contributed by atoms with E-state index >= 15 is 0 Å². The Bertz CT molecular complexity index is 480. The molecule has 116 valence electrons. The van der Waals surface area contributed by atoms with Gasteiger partial charge in [0.15, 0.2) is 0 Å². The van der Waals surface area contributed by atoms with Crippen molar-refractivity contribution in [1.82, 2.24) is 4.90 Å². The summed E-state index contributed by atoms with van der Waals surface area (Å²) < 4.78 is 13.0. The molecule has 0 bridgehead atoms. The highest BCUT2D eigenvalue weighted by Crippen LogP contribution is 2.32. The Morgan fingerprint density at radius 2 is 2.14 bits per heavy atom. The topological polar surface area (TPSA) is 46.3 Å². The predicted octanol–water partition coefficient (Wildman–Crippen LogP) is 2.61. The van der Waals surface area contributed by atoms with Gasteiger partial charge in [-0.05, 0) is 49.5 Å². The van der Waals surface area contributed by atoms with Gasteiger partial charge < -0.3 is 10.6 Å². The van der Waals surface area contributed by atoms with Crippen LogP contribution in [0.4, 0.5) is 4.39 Å². The molecule has 0 spiro atoms. The van der Waals surface area contributed by atoms with Crippen molar-refractivity contribution in [3.8, 4) is 0 Å². The third-order valence-corrected chi connectivity index (χ3v) is 4.79. The number of carbonyl (C=O) groups is 1. The monoisotopic (exact) mass is 310 g/mol. The lowest BCUT2D eigenvalue weighted by atomic mass is 9.97. The average Bonchev–Trinajstić information content (AvgIpc) is 2.86. The summed E-state index contributed by atoms with van der Waals surface area (Å²) in [4.78, 5) is 14.3. The molecule has 0 aliphatic carbocycles. The minimum absolute atomic E-state index is 0.0427. The first-order chi connectivity index (χ1) is 10.0. The van der Waals surface area contributed by atoms with Crippen LogP contribution in [-0.4, -0.2) is 41.4 Å². The third-order valence-electron chi connectivity index (χ3n) is 4.15. The van der Waals surface area contributed by atoms with Gasteiger partial charge in [-0.2, -0.15) is 11.8 Å². The molecule has 1 amide bonds. The summed E-state index contributed by atoms with van der Waals surface area (Å²) in [5.74, 6) is 0.992. The summed E-state index contributed by atoms with van der Waals surface area (Å²) in [7, 11) is 0. The Balaban J connectivity index is 2.00. The maximum atomic E-state index is 13.0. The molecule has 2 N–H and O–H groups in total. The van der Waals surface area contributed by atoms with Crippen LogP contribution in [0.1, 0.15) is 31.2 Å². The largest absolute Gasteiger partial charge is 0.338 e. The van der Waals surface area contributed by atoms with E-state index in [0.29, 0.717) is 13.0 Å². The normalized spacial score (nSPS) is 23.3. The molecule has 3 nitrogen and oxygen atoms in total. The van der Waals surface area contributed by atoms with E-state index in [4.69, 9.17) is 5.73 Å². The summed E-state index contributed by atoms with van der Waals surface area (Å²) >= 11 is 1.70. The molecule has 5 heteroatoms. The van der Waals surface area contributed by atoms with Crippen molar-refractivity contribution in [3.63, 3.8) is 0 Å². The van der Waals surface area contributed by atoms with Gasteiger partial charge in [-0.1, -0.05) is 12.1 Å². The van der Waals surface area contributed by atoms with Gasteiger partial charge in [0.25, 0.3) is 0 Å². The molecule has 2 rings (SSSR count). The molecule has 1 saturated heterocycles. The highest BCUT2D eigenvalue weighted by molar-refractivity contribution is 7.98. The summed E-state index contributed by atoms with van der Waals surface area (Å²) in [5.41, 5.74) is 7.09. The van der Waals surface area contributed by atoms with Gasteiger partial charge in [0, 0.05) is 18.5 Å². The van der Waals surface area contributed by atoms with Crippen LogP contribution in [0.15, 0.2) is 24.3 Å². The number of hydrogen-bond acceptors (Lipinski definition) is 3. The zero-order chi connectivity index (χ0) is 15.4. The first-order valence-corrected chi connectivity index (χ1v) is 8.72. The van der Waals surface area contributed by atoms with E-state index < -0.39 is 6.04 Å². The lowest BCUT2D eigenvalue weighted by molar-refractivity contribution is -0.133. The van der Waals surface area contributed by atoms with E-state index in [0.717, 1.165) is 17.7 Å². The minimum Gasteiger partial charge on any atom is -0.338 e. The molecule has 1 aliphatic rings. The van der Waals surface area contributed by atoms with Crippen LogP contribution in [0.2, 0.25) is 0 Å². The van der Waals surface area contributed by atoms with Crippen LogP contribution in [0.3, 0.4) is 0 Å². The van der Waals surface area contributed by atoms with Crippen molar-refractivity contribution in [2.75, 3.05) is 18.6 Å². The van der Waals surface area contributed by atoms with Crippen LogP contribution >= 0.6 is 11.8 Å². The molecule has 1 fully saturated rings. The number of nitrogens with two attached hydrogens (primary N) is 1. The molecule has 1 aromatic carbocycles. The average molecular weight is 310 g/mol. The van der Waals surface area contributed by atoms with Crippen molar-refractivity contribution in [2.45, 2.75) is 37.8 Å². The molecule has 1 heterocycles. The van der Waals surface area contributed by atoms with E-state index in [1.807, 2.05) is 23.3 Å². The fourth-order valence-electron chi connectivity index (χ4n) is 2.90. The quantitative estimate of drug-likeness (QED) is 0.909. The SMILES string of the molecule is CSCC[C@H](N)C(=O)N1C[C@@H](c2ccc(F)cc2)C[C@H]1C. The summed E-state index contributed by atoms with van der Waals surface area (Å²) in [6.45, 7) is 2.74. The number of amides is 1. The van der Waals surface area contributed by atoms with E-state index in [2.05, 4.69) is 6.92 Å². The van der Waals surface area contributed by atoms with E-state index in [1.165, 1.54) is 12.1 Å². The zero-order valence-electron chi connectivity index (χ0n) is 12.6. The number of likely N-dealkylation sites (tertiary alicyclic amines) is 1. The van der Waals surface area contributed by atoms with Crippen molar-refractivity contribution in [3.05, 3.63) is 35.6 Å². The Morgan fingerprint density at radius 1 is 1.48 bits per heavy atom. The third kappa shape index (κ3) is 3.98. The molecule has 0 aromatic heterocycles. The molecule has 1 aromatic rings. The van der Waals surface area contributed by atoms with E-state index in [-0.39, 0.29) is 23.7 Å². The molecule has 1 aliphatic heterocycles. The highest BCUT2D eigenvalue weighted by atomic mass is 32.2. The van der Waals surface area contributed by atoms with Gasteiger partial charge in [0.1, 0.15) is 5.82 Å². The predicted molar refractivity (Wildman–Crippen MR) is 85.9 cm³/mol. The Morgan fingerprint density at radius 3 is 2.76 bits per heavy atom. The molecule has 0 unspecified atom stereocenters. The van der Waals surface area contributed by atoms with Crippen LogP contribution in [0, 0.1) is 5.82 Å². The number of benzene rings is 1. The molecular weight excluding hydrogens is 287 g/mol. The van der Waals surface area contributed by atoms with Crippen molar-refractivity contribution in [1.29, 1.82) is 0 Å². The number of carbonyl (C=O) groups excluding carboxylic acids is 1. The molecular formula is C16H23FN2OS. The number of hydrogen-bond donors (Lipinski definition) is 1. The smallest absolute Gasteiger partial charge is 0.239 e. The lowest BCUT2D eigenvalue weighted by Crippen LogP contribution is -2.45. The fourth-order valence-corrected chi connectivity index (χ4v) is 3.39. The maximum absolute atomic E-state index is 13.0. The summed E-state index contributed by atoms with van der Waals surface area (Å²) in [5, 5.41) is 0. The fraction of sp³-hybridized carbons (Fsp3) is 0.562. The maximum Gasteiger partial charge on any atom is 0.239 e. The van der Waals surface area contributed by atoms with Crippen molar-refractivity contribution in [2.24, 2.45) is 5.73 Å². The number of halogens is 1. The van der Waals surface area contributed by atoms with E-state index in [1.54, 1.807) is 11.8 Å². The standard InChI is InChI=1S/C16H23FN2OS/c1-11-9-13(12-3-5-14(17)6-4-12)10-19(11)16(20)15(18)7-8-21-2/h3-6,11,13,15H,7-10,18H2,1-2H3/t11-,13+,15+/m1/s1. The first kappa shape index (κ1) is 16.3. The summed E-state index contributed by atoms with van der Waals surface area (Å²) in [6.07, 6.45) is 3.64. The molecule has 0 saturated carbocycles. The lowest BCUT2D eigenvalue weighted by Gasteiger charge is -2.25. The second kappa shape index (κ2) is 7.27. The molecule has 3 atom stereocenters. The van der Waals surface area contributed by atoms with E-state index in [9.17, 15) is 9.18 Å². The zero-order valence-corrected chi connectivity index (χ0v) is 13.4. The second-order valence-corrected chi connectivity index (χ2v) is 6.70. The van der Waals surface area contributed by atoms with Crippen LogP contribution in [-0.2, 0) is 4.79 Å². The van der Waals surface area contributed by atoms with Crippen LogP contribution in [0.25, 0.3) is 0 Å². The second-order valence-electron chi connectivity index (χ2n) is 5.71. The van der Waals surface area contributed by atoms with Crippen LogP contribution in [0.5, 0.6) is 0 Å². The van der Waals surface area contributed by atoms with Gasteiger partial charge in [-0.3, -0.25) is 4.79 Å². The van der Waals surface area contributed by atoms with Crippen molar-refractivity contribution < 1.29 is 9.18 Å². The van der Waals surface area contributed by atoms with Gasteiger partial charge >= 0.3 is 0 Å². The Labute approximate surface area is 130 Å². The Kier molecular flexibility index (Phi) is 5.65. The highest BCUT2D eigenvalue weighted by Gasteiger charge is 2.34. The van der Waals surface area contributed by atoms with Gasteiger partial charge in [-0.15, -0.1) is 0 Å². The van der Waals surface area contributed by atoms with Gasteiger partial charge in [0.2, 0.25) is 5.91 Å². The molecule has 21 heavy (non-hydrogen) atoms. The van der Waals surface area contributed by atoms with Crippen LogP contribution < -0.4 is 5.73 Å². The minimum atomic E-state index is -0.410. The number of rotatable bonds is 5. The molecule has 0 radical (unpaired) electrons. The number of thioether (sulfide) groups is 1. The Hall–Kier alpha value is -1.07. The first-order valence-electron chi connectivity index (χ1n) is 7.33. The van der Waals surface area contributed by atoms with Gasteiger partial charge in [0.05, 0.1) is 6.04 Å². The summed E-state index contributed by atoms with van der Waals surface area (Å²) in [6, 6.07) is 6.37. The number of nitrogens with zero attached hydrogens (tertiary/aromatic N) is 1. The van der Waals surface area contributed by atoms with Crippen molar-refractivity contribution >= 4 is 17.7 Å².